The molecule has 1 atom stereocenters. The average molecular weight is 398 g/mol. The van der Waals surface area contributed by atoms with Crippen molar-refractivity contribution in [1.29, 1.82) is 0 Å². The van der Waals surface area contributed by atoms with E-state index >= 15 is 0 Å². The van der Waals surface area contributed by atoms with Crippen LogP contribution in [0.4, 0.5) is 5.13 Å². The molecule has 8 heteroatoms. The topological polar surface area (TPSA) is 81.3 Å². The van der Waals surface area contributed by atoms with Gasteiger partial charge in [-0.1, -0.05) is 18.2 Å². The fourth-order valence-electron chi connectivity index (χ4n) is 3.68. The first kappa shape index (κ1) is 18.5. The summed E-state index contributed by atoms with van der Waals surface area (Å²) >= 11 is 1.61. The molecular weight excluding hydrogens is 374 g/mol. The van der Waals surface area contributed by atoms with E-state index in [0.717, 1.165) is 34.7 Å². The average Bonchev–Trinajstić information content (AvgIpc) is 3.37. The van der Waals surface area contributed by atoms with Gasteiger partial charge in [0.2, 0.25) is 11.8 Å². The van der Waals surface area contributed by atoms with E-state index in [-0.39, 0.29) is 11.8 Å². The maximum atomic E-state index is 13.2. The predicted octanol–water partition coefficient (Wildman–Crippen LogP) is 2.02. The Kier molecular flexibility index (Phi) is 5.29. The lowest BCUT2D eigenvalue weighted by molar-refractivity contribution is -0.136. The van der Waals surface area contributed by atoms with E-state index in [2.05, 4.69) is 20.2 Å². The minimum Gasteiger partial charge on any atom is -0.361 e. The number of aromatic amines is 1. The first-order chi connectivity index (χ1) is 13.6. The molecule has 1 saturated heterocycles. The van der Waals surface area contributed by atoms with Crippen molar-refractivity contribution in [2.24, 2.45) is 0 Å². The molecule has 146 valence electrons. The Morgan fingerprint density at radius 3 is 2.75 bits per heavy atom. The van der Waals surface area contributed by atoms with Gasteiger partial charge in [-0.2, -0.15) is 0 Å². The largest absolute Gasteiger partial charge is 0.361 e. The number of amides is 2. The first-order valence-corrected chi connectivity index (χ1v) is 10.2. The van der Waals surface area contributed by atoms with Gasteiger partial charge in [-0.25, -0.2) is 4.98 Å². The summed E-state index contributed by atoms with van der Waals surface area (Å²) < 4.78 is 0. The van der Waals surface area contributed by atoms with Crippen LogP contribution in [-0.2, 0) is 16.0 Å². The Hall–Kier alpha value is -2.87. The Bertz CT molecular complexity index is 960. The van der Waals surface area contributed by atoms with E-state index in [1.54, 1.807) is 17.5 Å². The summed E-state index contributed by atoms with van der Waals surface area (Å²) in [6, 6.07) is 7.42. The number of nitrogens with zero attached hydrogens (tertiary/aromatic N) is 3. The number of rotatable bonds is 5. The second-order valence-electron chi connectivity index (χ2n) is 6.94. The Labute approximate surface area is 167 Å². The van der Waals surface area contributed by atoms with Crippen LogP contribution in [0, 0.1) is 0 Å². The van der Waals surface area contributed by atoms with Crippen molar-refractivity contribution in [1.82, 2.24) is 20.2 Å². The summed E-state index contributed by atoms with van der Waals surface area (Å²) in [5.41, 5.74) is 2.06. The lowest BCUT2D eigenvalue weighted by atomic mass is 10.0. The van der Waals surface area contributed by atoms with Gasteiger partial charge in [-0.15, -0.1) is 11.3 Å². The molecule has 0 spiro atoms. The SMILES string of the molecule is CC(=O)N[C@@H](Cc1c[nH]c2ccccc12)C(=O)N1CCN(c2nccs2)CC1. The van der Waals surface area contributed by atoms with Gasteiger partial charge >= 0.3 is 0 Å². The summed E-state index contributed by atoms with van der Waals surface area (Å²) in [5.74, 6) is -0.223. The third-order valence-corrected chi connectivity index (χ3v) is 5.89. The smallest absolute Gasteiger partial charge is 0.245 e. The maximum absolute atomic E-state index is 13.2. The number of aromatic nitrogens is 2. The second-order valence-corrected chi connectivity index (χ2v) is 7.82. The molecule has 0 radical (unpaired) electrons. The standard InChI is InChI=1S/C20H23N5O2S/c1-14(26)23-18(12-15-13-22-17-5-3-2-4-16(15)17)19(27)24-7-9-25(10-8-24)20-21-6-11-28-20/h2-6,11,13,18,22H,7-10,12H2,1H3,(H,23,26)/t18-/m0/s1. The summed E-state index contributed by atoms with van der Waals surface area (Å²) in [4.78, 5) is 36.5. The van der Waals surface area contributed by atoms with Crippen LogP contribution in [0.15, 0.2) is 42.0 Å². The van der Waals surface area contributed by atoms with Crippen LogP contribution in [0.2, 0.25) is 0 Å². The van der Waals surface area contributed by atoms with Crippen molar-refractivity contribution in [3.05, 3.63) is 47.6 Å². The predicted molar refractivity (Wildman–Crippen MR) is 111 cm³/mol. The van der Waals surface area contributed by atoms with Crippen molar-refractivity contribution in [2.75, 3.05) is 31.1 Å². The van der Waals surface area contributed by atoms with Crippen molar-refractivity contribution in [2.45, 2.75) is 19.4 Å². The van der Waals surface area contributed by atoms with E-state index < -0.39 is 6.04 Å². The molecule has 7 nitrogen and oxygen atoms in total. The van der Waals surface area contributed by atoms with Gasteiger partial charge in [0.15, 0.2) is 5.13 Å². The number of para-hydroxylation sites is 1. The Morgan fingerprint density at radius 2 is 2.04 bits per heavy atom. The molecule has 1 aliphatic heterocycles. The highest BCUT2D eigenvalue weighted by molar-refractivity contribution is 7.13. The van der Waals surface area contributed by atoms with Crippen LogP contribution in [0.5, 0.6) is 0 Å². The van der Waals surface area contributed by atoms with E-state index in [0.29, 0.717) is 19.5 Å². The zero-order valence-corrected chi connectivity index (χ0v) is 16.5. The molecule has 4 rings (SSSR count). The molecule has 1 fully saturated rings. The zero-order valence-electron chi connectivity index (χ0n) is 15.7. The normalized spacial score (nSPS) is 15.6. The number of benzene rings is 1. The van der Waals surface area contributed by atoms with Crippen LogP contribution in [0.1, 0.15) is 12.5 Å². The summed E-state index contributed by atoms with van der Waals surface area (Å²) in [6.45, 7) is 4.21. The quantitative estimate of drug-likeness (QED) is 0.690. The molecule has 1 aromatic carbocycles. The van der Waals surface area contributed by atoms with Crippen LogP contribution in [0.25, 0.3) is 10.9 Å². The molecule has 2 aromatic heterocycles. The number of carbonyl (C=O) groups excluding carboxylic acids is 2. The molecule has 1 aliphatic rings. The number of fused-ring (bicyclic) bond motifs is 1. The lowest BCUT2D eigenvalue weighted by Crippen LogP contribution is -2.55. The molecule has 0 saturated carbocycles. The van der Waals surface area contributed by atoms with Crippen molar-refractivity contribution in [3.8, 4) is 0 Å². The number of hydrogen-bond donors (Lipinski definition) is 2. The van der Waals surface area contributed by atoms with Gasteiger partial charge in [-0.3, -0.25) is 9.59 Å². The van der Waals surface area contributed by atoms with Crippen LogP contribution < -0.4 is 10.2 Å². The van der Waals surface area contributed by atoms with Gasteiger partial charge in [0.1, 0.15) is 6.04 Å². The van der Waals surface area contributed by atoms with Gasteiger partial charge in [-0.05, 0) is 11.6 Å². The number of nitrogens with one attached hydrogen (secondary N) is 2. The van der Waals surface area contributed by atoms with E-state index in [4.69, 9.17) is 0 Å². The van der Waals surface area contributed by atoms with Gasteiger partial charge < -0.3 is 20.1 Å². The highest BCUT2D eigenvalue weighted by Crippen LogP contribution is 2.21. The Morgan fingerprint density at radius 1 is 1.25 bits per heavy atom. The summed E-state index contributed by atoms with van der Waals surface area (Å²) in [5, 5.41) is 6.88. The number of carbonyl (C=O) groups is 2. The van der Waals surface area contributed by atoms with Crippen LogP contribution >= 0.6 is 11.3 Å². The highest BCUT2D eigenvalue weighted by Gasteiger charge is 2.29. The van der Waals surface area contributed by atoms with Gasteiger partial charge in [0, 0.05) is 68.2 Å². The monoisotopic (exact) mass is 397 g/mol. The van der Waals surface area contributed by atoms with Gasteiger partial charge in [0.25, 0.3) is 0 Å². The lowest BCUT2D eigenvalue weighted by Gasteiger charge is -2.36. The number of H-pyrrole nitrogens is 1. The van der Waals surface area contributed by atoms with Crippen LogP contribution in [0.3, 0.4) is 0 Å². The first-order valence-electron chi connectivity index (χ1n) is 9.37. The van der Waals surface area contributed by atoms with E-state index in [1.165, 1.54) is 6.92 Å². The zero-order chi connectivity index (χ0) is 19.5. The van der Waals surface area contributed by atoms with Crippen molar-refractivity contribution >= 4 is 39.2 Å². The van der Waals surface area contributed by atoms with Crippen LogP contribution in [-0.4, -0.2) is 58.9 Å². The fraction of sp³-hybridized carbons (Fsp3) is 0.350. The molecule has 3 heterocycles. The third kappa shape index (κ3) is 3.87. The molecule has 0 unspecified atom stereocenters. The summed E-state index contributed by atoms with van der Waals surface area (Å²) in [6.07, 6.45) is 4.19. The maximum Gasteiger partial charge on any atom is 0.245 e. The molecular formula is C20H23N5O2S. The molecule has 0 aliphatic carbocycles. The number of hydrogen-bond acceptors (Lipinski definition) is 5. The second kappa shape index (κ2) is 8.02. The number of anilines is 1. The molecule has 2 N–H and O–H groups in total. The van der Waals surface area contributed by atoms with E-state index in [1.807, 2.05) is 40.7 Å². The van der Waals surface area contributed by atoms with Gasteiger partial charge in [0.05, 0.1) is 0 Å². The van der Waals surface area contributed by atoms with Crippen molar-refractivity contribution < 1.29 is 9.59 Å². The molecule has 0 bridgehead atoms. The molecule has 3 aromatic rings. The summed E-state index contributed by atoms with van der Waals surface area (Å²) in [7, 11) is 0. The molecule has 28 heavy (non-hydrogen) atoms. The Balaban J connectivity index is 1.46. The minimum absolute atomic E-state index is 0.0285. The molecule has 2 amide bonds. The van der Waals surface area contributed by atoms with E-state index in [9.17, 15) is 9.59 Å². The minimum atomic E-state index is -0.567. The van der Waals surface area contributed by atoms with Crippen molar-refractivity contribution in [3.63, 3.8) is 0 Å². The highest BCUT2D eigenvalue weighted by atomic mass is 32.1. The number of piperazine rings is 1. The number of thiazole rings is 1. The fourth-order valence-corrected chi connectivity index (χ4v) is 4.37. The third-order valence-electron chi connectivity index (χ3n) is 5.06.